The summed E-state index contributed by atoms with van der Waals surface area (Å²) in [6, 6.07) is 17.7. The van der Waals surface area contributed by atoms with Crippen LogP contribution in [-0.4, -0.2) is 37.6 Å². The lowest BCUT2D eigenvalue weighted by Gasteiger charge is -2.18. The second-order valence-corrected chi connectivity index (χ2v) is 5.41. The summed E-state index contributed by atoms with van der Waals surface area (Å²) in [6.07, 6.45) is 0. The van der Waals surface area contributed by atoms with Gasteiger partial charge in [0.2, 0.25) is 5.91 Å². The summed E-state index contributed by atoms with van der Waals surface area (Å²) < 4.78 is 11.2. The standard InChI is InChI=1S/C19H23NO3/c1-16-8-6-7-11-18(16)23-13-12-20(2)19(21)15-22-14-17-9-4-3-5-10-17/h3-11H,12-15H2,1-2H3. The first-order valence-electron chi connectivity index (χ1n) is 7.71. The molecule has 0 aliphatic rings. The minimum Gasteiger partial charge on any atom is -0.491 e. The Morgan fingerprint density at radius 2 is 1.74 bits per heavy atom. The Morgan fingerprint density at radius 1 is 1.04 bits per heavy atom. The lowest BCUT2D eigenvalue weighted by molar-refractivity contribution is -0.135. The van der Waals surface area contributed by atoms with Crippen molar-refractivity contribution in [1.82, 2.24) is 4.90 Å². The third kappa shape index (κ3) is 5.75. The van der Waals surface area contributed by atoms with Gasteiger partial charge in [-0.15, -0.1) is 0 Å². The number of nitrogens with zero attached hydrogens (tertiary/aromatic N) is 1. The molecule has 2 rings (SSSR count). The van der Waals surface area contributed by atoms with E-state index in [-0.39, 0.29) is 12.5 Å². The van der Waals surface area contributed by atoms with E-state index in [9.17, 15) is 4.79 Å². The van der Waals surface area contributed by atoms with E-state index in [0.717, 1.165) is 16.9 Å². The number of hydrogen-bond acceptors (Lipinski definition) is 3. The number of ether oxygens (including phenoxy) is 2. The van der Waals surface area contributed by atoms with Gasteiger partial charge in [0, 0.05) is 7.05 Å². The maximum Gasteiger partial charge on any atom is 0.248 e. The predicted octanol–water partition coefficient (Wildman–Crippen LogP) is 3.05. The van der Waals surface area contributed by atoms with Gasteiger partial charge < -0.3 is 14.4 Å². The lowest BCUT2D eigenvalue weighted by Crippen LogP contribution is -2.33. The summed E-state index contributed by atoms with van der Waals surface area (Å²) in [6.45, 7) is 3.52. The molecule has 0 unspecified atom stereocenters. The summed E-state index contributed by atoms with van der Waals surface area (Å²) in [5.41, 5.74) is 2.15. The molecule has 0 atom stereocenters. The molecule has 0 saturated heterocycles. The van der Waals surface area contributed by atoms with Crippen molar-refractivity contribution in [1.29, 1.82) is 0 Å². The molecular weight excluding hydrogens is 290 g/mol. The van der Waals surface area contributed by atoms with E-state index in [1.54, 1.807) is 11.9 Å². The van der Waals surface area contributed by atoms with Gasteiger partial charge in [-0.1, -0.05) is 48.5 Å². The van der Waals surface area contributed by atoms with Crippen LogP contribution in [0.4, 0.5) is 0 Å². The molecule has 0 spiro atoms. The van der Waals surface area contributed by atoms with Crippen molar-refractivity contribution in [3.8, 4) is 5.75 Å². The number of carbonyl (C=O) groups excluding carboxylic acids is 1. The van der Waals surface area contributed by atoms with Crippen LogP contribution in [0, 0.1) is 6.92 Å². The van der Waals surface area contributed by atoms with E-state index in [1.165, 1.54) is 0 Å². The number of likely N-dealkylation sites (N-methyl/N-ethyl adjacent to an activating group) is 1. The molecule has 1 amide bonds. The monoisotopic (exact) mass is 313 g/mol. The quantitative estimate of drug-likeness (QED) is 0.752. The Kier molecular flexibility index (Phi) is 6.63. The van der Waals surface area contributed by atoms with Crippen molar-refractivity contribution >= 4 is 5.91 Å². The average molecular weight is 313 g/mol. The molecule has 122 valence electrons. The Morgan fingerprint density at radius 3 is 2.48 bits per heavy atom. The second kappa shape index (κ2) is 8.96. The largest absolute Gasteiger partial charge is 0.491 e. The van der Waals surface area contributed by atoms with Gasteiger partial charge in [0.25, 0.3) is 0 Å². The molecule has 0 radical (unpaired) electrons. The molecule has 0 heterocycles. The highest BCUT2D eigenvalue weighted by Crippen LogP contribution is 2.15. The average Bonchev–Trinajstić information content (AvgIpc) is 2.57. The first-order valence-corrected chi connectivity index (χ1v) is 7.71. The van der Waals surface area contributed by atoms with Crippen molar-refractivity contribution in [2.45, 2.75) is 13.5 Å². The molecule has 4 heteroatoms. The zero-order valence-corrected chi connectivity index (χ0v) is 13.7. The highest BCUT2D eigenvalue weighted by atomic mass is 16.5. The Labute approximate surface area is 137 Å². The van der Waals surface area contributed by atoms with Crippen molar-refractivity contribution in [3.05, 3.63) is 65.7 Å². The van der Waals surface area contributed by atoms with Crippen LogP contribution in [0.1, 0.15) is 11.1 Å². The molecule has 2 aromatic carbocycles. The van der Waals surface area contributed by atoms with E-state index in [2.05, 4.69) is 0 Å². The topological polar surface area (TPSA) is 38.8 Å². The van der Waals surface area contributed by atoms with Crippen molar-refractivity contribution in [3.63, 3.8) is 0 Å². The number of rotatable bonds is 8. The highest BCUT2D eigenvalue weighted by Gasteiger charge is 2.09. The Hall–Kier alpha value is -2.33. The number of para-hydroxylation sites is 1. The van der Waals surface area contributed by atoms with E-state index in [0.29, 0.717) is 19.8 Å². The molecule has 2 aromatic rings. The molecule has 0 N–H and O–H groups in total. The molecule has 0 aromatic heterocycles. The maximum atomic E-state index is 12.0. The van der Waals surface area contributed by atoms with Gasteiger partial charge in [0.1, 0.15) is 19.0 Å². The SMILES string of the molecule is Cc1ccccc1OCCN(C)C(=O)COCc1ccccc1. The summed E-state index contributed by atoms with van der Waals surface area (Å²) in [5, 5.41) is 0. The molecule has 0 saturated carbocycles. The zero-order chi connectivity index (χ0) is 16.5. The van der Waals surface area contributed by atoms with E-state index in [1.807, 2.05) is 61.5 Å². The zero-order valence-electron chi connectivity index (χ0n) is 13.7. The highest BCUT2D eigenvalue weighted by molar-refractivity contribution is 5.77. The van der Waals surface area contributed by atoms with Crippen LogP contribution in [0.25, 0.3) is 0 Å². The fourth-order valence-electron chi connectivity index (χ4n) is 2.08. The van der Waals surface area contributed by atoms with E-state index >= 15 is 0 Å². The second-order valence-electron chi connectivity index (χ2n) is 5.41. The van der Waals surface area contributed by atoms with Gasteiger partial charge in [-0.2, -0.15) is 0 Å². The van der Waals surface area contributed by atoms with Crippen LogP contribution in [0.15, 0.2) is 54.6 Å². The maximum absolute atomic E-state index is 12.0. The molecular formula is C19H23NO3. The summed E-state index contributed by atoms with van der Waals surface area (Å²) >= 11 is 0. The lowest BCUT2D eigenvalue weighted by atomic mass is 10.2. The number of hydrogen-bond donors (Lipinski definition) is 0. The first kappa shape index (κ1) is 17.0. The molecule has 0 aliphatic heterocycles. The van der Waals surface area contributed by atoms with Crippen molar-refractivity contribution in [2.24, 2.45) is 0 Å². The molecule has 0 aliphatic carbocycles. The predicted molar refractivity (Wildman–Crippen MR) is 90.4 cm³/mol. The van der Waals surface area contributed by atoms with Gasteiger partial charge in [-0.05, 0) is 24.1 Å². The van der Waals surface area contributed by atoms with Crippen LogP contribution >= 0.6 is 0 Å². The Balaban J connectivity index is 1.66. The molecule has 0 bridgehead atoms. The fraction of sp³-hybridized carbons (Fsp3) is 0.316. The van der Waals surface area contributed by atoms with Gasteiger partial charge in [0.05, 0.1) is 13.2 Å². The summed E-state index contributed by atoms with van der Waals surface area (Å²) in [7, 11) is 1.76. The van der Waals surface area contributed by atoms with Gasteiger partial charge in [-0.3, -0.25) is 4.79 Å². The van der Waals surface area contributed by atoms with Crippen LogP contribution in [0.2, 0.25) is 0 Å². The van der Waals surface area contributed by atoms with Crippen LogP contribution in [-0.2, 0) is 16.1 Å². The normalized spacial score (nSPS) is 10.3. The van der Waals surface area contributed by atoms with Crippen molar-refractivity contribution < 1.29 is 14.3 Å². The minimum absolute atomic E-state index is 0.0469. The molecule has 4 nitrogen and oxygen atoms in total. The van der Waals surface area contributed by atoms with Gasteiger partial charge in [-0.25, -0.2) is 0 Å². The smallest absolute Gasteiger partial charge is 0.248 e. The van der Waals surface area contributed by atoms with Crippen LogP contribution < -0.4 is 4.74 Å². The molecule has 23 heavy (non-hydrogen) atoms. The first-order chi connectivity index (χ1) is 11.2. The Bertz CT molecular complexity index is 613. The fourth-order valence-corrected chi connectivity index (χ4v) is 2.08. The number of aryl methyl sites for hydroxylation is 1. The summed E-state index contributed by atoms with van der Waals surface area (Å²) in [4.78, 5) is 13.6. The third-order valence-corrected chi connectivity index (χ3v) is 3.54. The number of benzene rings is 2. The number of carbonyl (C=O) groups is 1. The van der Waals surface area contributed by atoms with Crippen molar-refractivity contribution in [2.75, 3.05) is 26.8 Å². The van der Waals surface area contributed by atoms with E-state index in [4.69, 9.17) is 9.47 Å². The van der Waals surface area contributed by atoms with Crippen LogP contribution in [0.3, 0.4) is 0 Å². The van der Waals surface area contributed by atoms with Crippen LogP contribution in [0.5, 0.6) is 5.75 Å². The third-order valence-electron chi connectivity index (χ3n) is 3.54. The van der Waals surface area contributed by atoms with Gasteiger partial charge >= 0.3 is 0 Å². The number of amides is 1. The minimum atomic E-state index is -0.0469. The van der Waals surface area contributed by atoms with E-state index < -0.39 is 0 Å². The summed E-state index contributed by atoms with van der Waals surface area (Å²) in [5.74, 6) is 0.808. The molecule has 0 fully saturated rings. The van der Waals surface area contributed by atoms with Gasteiger partial charge in [0.15, 0.2) is 0 Å².